The molecule has 4 heteroatoms. The summed E-state index contributed by atoms with van der Waals surface area (Å²) in [5, 5.41) is 2.98. The smallest absolute Gasteiger partial charge is 0.248 e. The van der Waals surface area contributed by atoms with Crippen LogP contribution < -0.4 is 5.32 Å². The van der Waals surface area contributed by atoms with Crippen LogP contribution in [0.5, 0.6) is 0 Å². The van der Waals surface area contributed by atoms with Gasteiger partial charge in [-0.15, -0.1) is 0 Å². The van der Waals surface area contributed by atoms with Crippen LogP contribution in [0.15, 0.2) is 30.3 Å². The van der Waals surface area contributed by atoms with Crippen molar-refractivity contribution in [3.8, 4) is 0 Å². The Morgan fingerprint density at radius 3 is 2.86 bits per heavy atom. The van der Waals surface area contributed by atoms with Crippen LogP contribution in [0.25, 0.3) is 0 Å². The first kappa shape index (κ1) is 17.0. The summed E-state index contributed by atoms with van der Waals surface area (Å²) in [6, 6.07) is 10.6. The average Bonchev–Trinajstić information content (AvgIpc) is 2.55. The van der Waals surface area contributed by atoms with Crippen LogP contribution in [0.4, 0.5) is 0 Å². The Morgan fingerprint density at radius 2 is 2.14 bits per heavy atom. The van der Waals surface area contributed by atoms with Crippen LogP contribution in [-0.2, 0) is 16.1 Å². The minimum Gasteiger partial charge on any atom is -0.364 e. The van der Waals surface area contributed by atoms with E-state index in [9.17, 15) is 4.79 Å². The molecule has 0 saturated carbocycles. The zero-order valence-electron chi connectivity index (χ0n) is 13.8. The lowest BCUT2D eigenvalue weighted by Gasteiger charge is -2.33. The van der Waals surface area contributed by atoms with E-state index in [1.165, 1.54) is 19.3 Å². The lowest BCUT2D eigenvalue weighted by molar-refractivity contribution is -0.132. The van der Waals surface area contributed by atoms with Gasteiger partial charge in [-0.1, -0.05) is 36.8 Å². The fourth-order valence-electron chi connectivity index (χ4n) is 2.83. The summed E-state index contributed by atoms with van der Waals surface area (Å²) in [5.41, 5.74) is 1.09. The second-order valence-corrected chi connectivity index (χ2v) is 6.11. The van der Waals surface area contributed by atoms with Crippen LogP contribution in [0.2, 0.25) is 0 Å². The molecule has 1 N–H and O–H groups in total. The maximum Gasteiger partial charge on any atom is 0.248 e. The van der Waals surface area contributed by atoms with Gasteiger partial charge in [-0.2, -0.15) is 0 Å². The number of carbonyl (C=O) groups excluding carboxylic acids is 1. The number of rotatable bonds is 7. The van der Waals surface area contributed by atoms with Crippen LogP contribution in [-0.4, -0.2) is 42.6 Å². The van der Waals surface area contributed by atoms with Gasteiger partial charge in [0.2, 0.25) is 5.91 Å². The predicted molar refractivity (Wildman–Crippen MR) is 88.6 cm³/mol. The van der Waals surface area contributed by atoms with Crippen LogP contribution in [0, 0.1) is 0 Å². The van der Waals surface area contributed by atoms with E-state index in [1.54, 1.807) is 0 Å². The summed E-state index contributed by atoms with van der Waals surface area (Å²) >= 11 is 0. The third kappa shape index (κ3) is 5.43. The van der Waals surface area contributed by atoms with E-state index < -0.39 is 6.10 Å². The lowest BCUT2D eigenvalue weighted by Crippen LogP contribution is -2.44. The summed E-state index contributed by atoms with van der Waals surface area (Å²) in [7, 11) is 0. The number of nitrogens with zero attached hydrogens (tertiary/aromatic N) is 1. The van der Waals surface area contributed by atoms with E-state index in [-0.39, 0.29) is 5.91 Å². The minimum atomic E-state index is -0.418. The number of piperidine rings is 1. The van der Waals surface area contributed by atoms with Crippen molar-refractivity contribution in [2.75, 3.05) is 19.6 Å². The largest absolute Gasteiger partial charge is 0.364 e. The van der Waals surface area contributed by atoms with E-state index in [0.717, 1.165) is 18.7 Å². The Balaban J connectivity index is 1.63. The highest BCUT2D eigenvalue weighted by Crippen LogP contribution is 2.15. The number of amides is 1. The highest BCUT2D eigenvalue weighted by molar-refractivity contribution is 5.80. The van der Waals surface area contributed by atoms with Crippen molar-refractivity contribution in [1.82, 2.24) is 10.2 Å². The molecule has 1 saturated heterocycles. The zero-order valence-corrected chi connectivity index (χ0v) is 13.8. The molecule has 0 spiro atoms. The molecule has 0 unspecified atom stereocenters. The van der Waals surface area contributed by atoms with Gasteiger partial charge >= 0.3 is 0 Å². The third-order valence-corrected chi connectivity index (χ3v) is 4.35. The van der Waals surface area contributed by atoms with Crippen LogP contribution in [0.1, 0.15) is 38.7 Å². The van der Waals surface area contributed by atoms with Crippen molar-refractivity contribution in [3.63, 3.8) is 0 Å². The van der Waals surface area contributed by atoms with Gasteiger partial charge < -0.3 is 10.1 Å². The standard InChI is InChI=1S/C18H28N2O2/c1-15-8-6-7-12-20(15)13-11-19-18(21)16(2)22-14-17-9-4-3-5-10-17/h3-5,9-10,15-16H,6-8,11-14H2,1-2H3,(H,19,21)/t15-,16+/m1/s1. The molecule has 2 rings (SSSR count). The number of ether oxygens (including phenoxy) is 1. The topological polar surface area (TPSA) is 41.6 Å². The normalized spacial score (nSPS) is 20.5. The van der Waals surface area contributed by atoms with Gasteiger partial charge in [0.15, 0.2) is 0 Å². The van der Waals surface area contributed by atoms with Crippen molar-refractivity contribution >= 4 is 5.91 Å². The van der Waals surface area contributed by atoms with Gasteiger partial charge in [-0.25, -0.2) is 0 Å². The highest BCUT2D eigenvalue weighted by atomic mass is 16.5. The van der Waals surface area contributed by atoms with Crippen molar-refractivity contribution < 1.29 is 9.53 Å². The van der Waals surface area contributed by atoms with E-state index in [2.05, 4.69) is 17.1 Å². The first-order valence-corrected chi connectivity index (χ1v) is 8.34. The molecular weight excluding hydrogens is 276 g/mol. The van der Waals surface area contributed by atoms with E-state index in [1.807, 2.05) is 37.3 Å². The van der Waals surface area contributed by atoms with Crippen LogP contribution >= 0.6 is 0 Å². The van der Waals surface area contributed by atoms with Gasteiger partial charge in [0.1, 0.15) is 6.10 Å². The van der Waals surface area contributed by atoms with E-state index in [0.29, 0.717) is 19.2 Å². The van der Waals surface area contributed by atoms with Gasteiger partial charge in [0.25, 0.3) is 0 Å². The molecule has 0 aliphatic carbocycles. The Kier molecular flexibility index (Phi) is 6.87. The van der Waals surface area contributed by atoms with Crippen molar-refractivity contribution in [2.45, 2.75) is 51.9 Å². The monoisotopic (exact) mass is 304 g/mol. The first-order chi connectivity index (χ1) is 10.7. The molecule has 1 aromatic carbocycles. The lowest BCUT2D eigenvalue weighted by atomic mass is 10.0. The Hall–Kier alpha value is -1.39. The number of benzene rings is 1. The molecule has 1 heterocycles. The number of likely N-dealkylation sites (tertiary alicyclic amines) is 1. The van der Waals surface area contributed by atoms with Crippen molar-refractivity contribution in [1.29, 1.82) is 0 Å². The van der Waals surface area contributed by atoms with Gasteiger partial charge in [0, 0.05) is 19.1 Å². The molecule has 1 aromatic rings. The molecule has 4 nitrogen and oxygen atoms in total. The second-order valence-electron chi connectivity index (χ2n) is 6.11. The summed E-state index contributed by atoms with van der Waals surface area (Å²) in [6.45, 7) is 7.32. The molecule has 0 aromatic heterocycles. The van der Waals surface area contributed by atoms with Gasteiger partial charge in [-0.3, -0.25) is 9.69 Å². The molecule has 0 radical (unpaired) electrons. The quantitative estimate of drug-likeness (QED) is 0.842. The van der Waals surface area contributed by atoms with E-state index >= 15 is 0 Å². The Morgan fingerprint density at radius 1 is 1.36 bits per heavy atom. The Bertz CT molecular complexity index is 450. The van der Waals surface area contributed by atoms with E-state index in [4.69, 9.17) is 4.74 Å². The second kappa shape index (κ2) is 8.91. The zero-order chi connectivity index (χ0) is 15.8. The molecular formula is C18H28N2O2. The molecule has 1 amide bonds. The number of hydrogen-bond donors (Lipinski definition) is 1. The fraction of sp³-hybridized carbons (Fsp3) is 0.611. The van der Waals surface area contributed by atoms with Gasteiger partial charge in [-0.05, 0) is 38.8 Å². The maximum atomic E-state index is 12.0. The molecule has 0 bridgehead atoms. The summed E-state index contributed by atoms with van der Waals surface area (Å²) < 4.78 is 5.63. The van der Waals surface area contributed by atoms with Crippen molar-refractivity contribution in [3.05, 3.63) is 35.9 Å². The van der Waals surface area contributed by atoms with Crippen LogP contribution in [0.3, 0.4) is 0 Å². The third-order valence-electron chi connectivity index (χ3n) is 4.35. The molecule has 1 fully saturated rings. The summed E-state index contributed by atoms with van der Waals surface area (Å²) in [5.74, 6) is -0.0272. The molecule has 1 aliphatic heterocycles. The average molecular weight is 304 g/mol. The van der Waals surface area contributed by atoms with Crippen molar-refractivity contribution in [2.24, 2.45) is 0 Å². The molecule has 2 atom stereocenters. The van der Waals surface area contributed by atoms with Gasteiger partial charge in [0.05, 0.1) is 6.61 Å². The highest BCUT2D eigenvalue weighted by Gasteiger charge is 2.18. The summed E-state index contributed by atoms with van der Waals surface area (Å²) in [4.78, 5) is 14.5. The number of hydrogen-bond acceptors (Lipinski definition) is 3. The Labute approximate surface area is 133 Å². The molecule has 22 heavy (non-hydrogen) atoms. The molecule has 1 aliphatic rings. The maximum absolute atomic E-state index is 12.0. The minimum absolute atomic E-state index is 0.0272. The number of carbonyl (C=O) groups is 1. The number of nitrogens with one attached hydrogen (secondary N) is 1. The predicted octanol–water partition coefficient (Wildman–Crippen LogP) is 2.58. The molecule has 122 valence electrons. The first-order valence-electron chi connectivity index (χ1n) is 8.34. The fourth-order valence-corrected chi connectivity index (χ4v) is 2.83. The summed E-state index contributed by atoms with van der Waals surface area (Å²) in [6.07, 6.45) is 3.45. The SMILES string of the molecule is C[C@H](OCc1ccccc1)C(=O)NCCN1CCCC[C@H]1C.